The van der Waals surface area contributed by atoms with Crippen LogP contribution < -0.4 is 5.76 Å². The largest absolute Gasteiger partial charge is 0.445 e. The predicted molar refractivity (Wildman–Crippen MR) is 154 cm³/mol. The van der Waals surface area contributed by atoms with Gasteiger partial charge in [0.15, 0.2) is 11.5 Å². The first-order valence-electron chi connectivity index (χ1n) is 13.6. The molecule has 0 spiro atoms. The van der Waals surface area contributed by atoms with E-state index in [1.807, 2.05) is 44.2 Å². The Hall–Kier alpha value is -4.71. The third kappa shape index (κ3) is 5.09. The zero-order valence-corrected chi connectivity index (χ0v) is 23.9. The number of hydrogen-bond donors (Lipinski definition) is 0. The van der Waals surface area contributed by atoms with E-state index in [1.54, 1.807) is 35.4 Å². The Morgan fingerprint density at radius 2 is 1.83 bits per heavy atom. The van der Waals surface area contributed by atoms with E-state index >= 15 is 0 Å². The zero-order chi connectivity index (χ0) is 29.4. The highest BCUT2D eigenvalue weighted by molar-refractivity contribution is 7.90. The van der Waals surface area contributed by atoms with Crippen LogP contribution in [0.3, 0.4) is 0 Å². The Labute approximate surface area is 242 Å². The summed E-state index contributed by atoms with van der Waals surface area (Å²) in [6, 6.07) is 17.5. The molecule has 0 aliphatic carbocycles. The monoisotopic (exact) mass is 587 g/mol. The Bertz CT molecular complexity index is 1910. The van der Waals surface area contributed by atoms with Crippen molar-refractivity contribution >= 4 is 27.3 Å². The number of hydrogen-bond acceptors (Lipinski definition) is 8. The van der Waals surface area contributed by atoms with Gasteiger partial charge in [0.25, 0.3) is 10.0 Å². The normalized spacial score (nSPS) is 17.1. The smallest absolute Gasteiger partial charge is 0.425 e. The minimum absolute atomic E-state index is 0.0721. The molecule has 0 radical (unpaired) electrons. The molecule has 216 valence electrons. The maximum absolute atomic E-state index is 13.2. The van der Waals surface area contributed by atoms with Crippen LogP contribution >= 0.6 is 0 Å². The number of ether oxygens (including phenoxy) is 1. The molecule has 11 nitrogen and oxygen atoms in total. The summed E-state index contributed by atoms with van der Waals surface area (Å²) in [5, 5.41) is 0. The summed E-state index contributed by atoms with van der Waals surface area (Å²) in [6.07, 6.45) is 4.66. The van der Waals surface area contributed by atoms with Gasteiger partial charge in [0.1, 0.15) is 17.9 Å². The Kier molecular flexibility index (Phi) is 7.15. The standard InChI is InChI=1S/C30H29N5O6S/c1-3-22-16-33(29(36)40-19-21-7-5-4-6-8-21)17-24(22)26-18-34(30(37)41-26)27-15-31-28-25(32-27)13-14-35(28)42(38,39)23-11-9-20(2)10-12-23/h4-15,18,22,24H,3,16-17,19H2,1-2H3/t22-,24+/m0/s1. The molecule has 4 heterocycles. The number of carbonyl (C=O) groups excluding carboxylic acids is 1. The number of likely N-dealkylation sites (tertiary alicyclic amines) is 1. The van der Waals surface area contributed by atoms with E-state index in [4.69, 9.17) is 9.15 Å². The Morgan fingerprint density at radius 1 is 1.07 bits per heavy atom. The van der Waals surface area contributed by atoms with Crippen molar-refractivity contribution in [2.24, 2.45) is 5.92 Å². The maximum atomic E-state index is 13.2. The SMILES string of the molecule is CC[C@H]1CN(C(=O)OCc2ccccc2)C[C@H]1c1cn(-c2cnc3c(ccn3S(=O)(=O)c3ccc(C)cc3)n2)c(=O)o1. The molecule has 1 fully saturated rings. The van der Waals surface area contributed by atoms with Gasteiger partial charge in [-0.1, -0.05) is 61.4 Å². The van der Waals surface area contributed by atoms with Crippen molar-refractivity contribution in [3.05, 3.63) is 107 Å². The number of benzene rings is 2. The predicted octanol–water partition coefficient (Wildman–Crippen LogP) is 4.48. The summed E-state index contributed by atoms with van der Waals surface area (Å²) >= 11 is 0. The molecule has 1 aliphatic rings. The molecule has 2 atom stereocenters. The number of oxazole rings is 1. The lowest BCUT2D eigenvalue weighted by Gasteiger charge is -2.16. The topological polar surface area (TPSA) is 130 Å². The van der Waals surface area contributed by atoms with E-state index in [2.05, 4.69) is 9.97 Å². The van der Waals surface area contributed by atoms with Gasteiger partial charge in [-0.15, -0.1) is 0 Å². The van der Waals surface area contributed by atoms with E-state index < -0.39 is 21.9 Å². The number of fused-ring (bicyclic) bond motifs is 1. The molecule has 2 aromatic carbocycles. The van der Waals surface area contributed by atoms with Crippen LogP contribution in [0.5, 0.6) is 0 Å². The molecule has 6 rings (SSSR count). The molecule has 42 heavy (non-hydrogen) atoms. The van der Waals surface area contributed by atoms with Crippen LogP contribution in [-0.4, -0.2) is 51.0 Å². The van der Waals surface area contributed by atoms with Gasteiger partial charge < -0.3 is 14.1 Å². The van der Waals surface area contributed by atoms with E-state index in [-0.39, 0.29) is 34.8 Å². The number of aromatic nitrogens is 4. The van der Waals surface area contributed by atoms with Gasteiger partial charge in [0.2, 0.25) is 0 Å². The minimum atomic E-state index is -3.89. The van der Waals surface area contributed by atoms with Gasteiger partial charge in [-0.25, -0.2) is 36.5 Å². The van der Waals surface area contributed by atoms with Gasteiger partial charge >= 0.3 is 11.8 Å². The summed E-state index contributed by atoms with van der Waals surface area (Å²) in [5.74, 6) is -0.149. The second-order valence-corrected chi connectivity index (χ2v) is 12.2. The highest BCUT2D eigenvalue weighted by Gasteiger charge is 2.38. The van der Waals surface area contributed by atoms with Crippen LogP contribution in [0.1, 0.15) is 36.1 Å². The van der Waals surface area contributed by atoms with Gasteiger partial charge in [-0.05, 0) is 36.6 Å². The number of rotatable bonds is 7. The molecule has 0 N–H and O–H groups in total. The van der Waals surface area contributed by atoms with Gasteiger partial charge in [0.05, 0.1) is 17.3 Å². The molecule has 0 saturated carbocycles. The summed E-state index contributed by atoms with van der Waals surface area (Å²) < 4.78 is 39.9. The lowest BCUT2D eigenvalue weighted by atomic mass is 9.92. The van der Waals surface area contributed by atoms with Crippen LogP contribution in [0.4, 0.5) is 4.79 Å². The summed E-state index contributed by atoms with van der Waals surface area (Å²) in [4.78, 5) is 36.3. The molecule has 1 amide bonds. The van der Waals surface area contributed by atoms with Crippen molar-refractivity contribution in [1.29, 1.82) is 0 Å². The number of amides is 1. The number of carbonyl (C=O) groups is 1. The van der Waals surface area contributed by atoms with Crippen LogP contribution in [0.15, 0.2) is 93.4 Å². The molecule has 3 aromatic heterocycles. The van der Waals surface area contributed by atoms with Crippen molar-refractivity contribution in [1.82, 2.24) is 23.4 Å². The summed E-state index contributed by atoms with van der Waals surface area (Å²) in [7, 11) is -3.89. The third-order valence-corrected chi connectivity index (χ3v) is 9.30. The van der Waals surface area contributed by atoms with Crippen molar-refractivity contribution < 1.29 is 22.4 Å². The second-order valence-electron chi connectivity index (χ2n) is 10.4. The van der Waals surface area contributed by atoms with Crippen molar-refractivity contribution in [2.75, 3.05) is 13.1 Å². The number of nitrogens with zero attached hydrogens (tertiary/aromatic N) is 5. The van der Waals surface area contributed by atoms with E-state index in [0.29, 0.717) is 24.4 Å². The molecular weight excluding hydrogens is 558 g/mol. The van der Waals surface area contributed by atoms with Crippen molar-refractivity contribution in [3.63, 3.8) is 0 Å². The average Bonchev–Trinajstić information content (AvgIpc) is 3.73. The second kappa shape index (κ2) is 10.9. The lowest BCUT2D eigenvalue weighted by molar-refractivity contribution is 0.103. The van der Waals surface area contributed by atoms with Crippen LogP contribution in [0.25, 0.3) is 17.0 Å². The molecular formula is C30H29N5O6S. The third-order valence-electron chi connectivity index (χ3n) is 7.62. The molecule has 1 saturated heterocycles. The highest BCUT2D eigenvalue weighted by Crippen LogP contribution is 2.35. The van der Waals surface area contributed by atoms with E-state index in [9.17, 15) is 18.0 Å². The first-order valence-corrected chi connectivity index (χ1v) is 15.0. The lowest BCUT2D eigenvalue weighted by Crippen LogP contribution is -2.29. The van der Waals surface area contributed by atoms with Gasteiger partial charge in [0, 0.05) is 25.2 Å². The van der Waals surface area contributed by atoms with E-state index in [1.165, 1.54) is 23.0 Å². The molecule has 0 unspecified atom stereocenters. The molecule has 1 aliphatic heterocycles. The molecule has 12 heteroatoms. The fourth-order valence-corrected chi connectivity index (χ4v) is 6.56. The first kappa shape index (κ1) is 27.5. The quantitative estimate of drug-likeness (QED) is 0.273. The number of aryl methyl sites for hydroxylation is 1. The van der Waals surface area contributed by atoms with Gasteiger partial charge in [-0.2, -0.15) is 0 Å². The van der Waals surface area contributed by atoms with Crippen LogP contribution in [0, 0.1) is 12.8 Å². The minimum Gasteiger partial charge on any atom is -0.445 e. The maximum Gasteiger partial charge on any atom is 0.425 e. The Morgan fingerprint density at radius 3 is 2.57 bits per heavy atom. The first-order chi connectivity index (χ1) is 20.2. The fraction of sp³-hybridized carbons (Fsp3) is 0.267. The molecule has 0 bridgehead atoms. The highest BCUT2D eigenvalue weighted by atomic mass is 32.2. The fourth-order valence-electron chi connectivity index (χ4n) is 5.27. The van der Waals surface area contributed by atoms with Gasteiger partial charge in [-0.3, -0.25) is 0 Å². The van der Waals surface area contributed by atoms with E-state index in [0.717, 1.165) is 21.5 Å². The van der Waals surface area contributed by atoms with Crippen LogP contribution in [0.2, 0.25) is 0 Å². The van der Waals surface area contributed by atoms with Crippen molar-refractivity contribution in [2.45, 2.75) is 37.7 Å². The van der Waals surface area contributed by atoms with Crippen LogP contribution in [-0.2, 0) is 21.4 Å². The van der Waals surface area contributed by atoms with Crippen molar-refractivity contribution in [3.8, 4) is 5.82 Å². The average molecular weight is 588 g/mol. The Balaban J connectivity index is 1.22. The zero-order valence-electron chi connectivity index (χ0n) is 23.1. The summed E-state index contributed by atoms with van der Waals surface area (Å²) in [5.41, 5.74) is 2.29. The molecule has 5 aromatic rings. The summed E-state index contributed by atoms with van der Waals surface area (Å²) in [6.45, 7) is 4.92.